The maximum absolute atomic E-state index is 14.0. The predicted molar refractivity (Wildman–Crippen MR) is 118 cm³/mol. The Morgan fingerprint density at radius 3 is 2.77 bits per heavy atom. The van der Waals surface area contributed by atoms with E-state index in [1.807, 2.05) is 19.9 Å². The first-order chi connectivity index (χ1) is 14.8. The number of hydrogen-bond donors (Lipinski definition) is 1. The number of halogens is 2. The van der Waals surface area contributed by atoms with Gasteiger partial charge in [-0.05, 0) is 36.8 Å². The molecule has 2 amide bonds. The fourth-order valence-corrected chi connectivity index (χ4v) is 3.66. The summed E-state index contributed by atoms with van der Waals surface area (Å²) in [5.41, 5.74) is 1.000. The van der Waals surface area contributed by atoms with Crippen molar-refractivity contribution in [2.75, 3.05) is 16.8 Å². The van der Waals surface area contributed by atoms with E-state index in [1.54, 1.807) is 30.3 Å². The molecule has 1 N–H and O–H groups in total. The number of urea groups is 1. The Bertz CT molecular complexity index is 1180. The number of aromatic nitrogens is 2. The molecule has 0 bridgehead atoms. The molecule has 0 spiro atoms. The molecule has 3 heterocycles. The Morgan fingerprint density at radius 2 is 2.03 bits per heavy atom. The number of rotatable bonds is 2. The van der Waals surface area contributed by atoms with Crippen LogP contribution in [-0.4, -0.2) is 28.3 Å². The normalized spacial score (nSPS) is 15.2. The molecule has 31 heavy (non-hydrogen) atoms. The van der Waals surface area contributed by atoms with E-state index in [1.165, 1.54) is 17.2 Å². The van der Waals surface area contributed by atoms with Gasteiger partial charge in [0, 0.05) is 28.7 Å². The highest BCUT2D eigenvalue weighted by Crippen LogP contribution is 2.36. The zero-order chi connectivity index (χ0) is 22.2. The average Bonchev–Trinajstić information content (AvgIpc) is 2.84. The Hall–Kier alpha value is -3.32. The van der Waals surface area contributed by atoms with E-state index in [4.69, 9.17) is 11.6 Å². The second kappa shape index (κ2) is 8.07. The maximum atomic E-state index is 14.0. The largest absolute Gasteiger partial charge is 0.327 e. The molecule has 8 heteroatoms. The minimum Gasteiger partial charge on any atom is -0.305 e. The summed E-state index contributed by atoms with van der Waals surface area (Å²) < 4.78 is 14.0. The van der Waals surface area contributed by atoms with Crippen molar-refractivity contribution in [1.29, 1.82) is 0 Å². The molecule has 0 fully saturated rings. The van der Waals surface area contributed by atoms with E-state index in [-0.39, 0.29) is 23.8 Å². The van der Waals surface area contributed by atoms with Crippen molar-refractivity contribution >= 4 is 34.9 Å². The van der Waals surface area contributed by atoms with Crippen LogP contribution in [0.3, 0.4) is 0 Å². The van der Waals surface area contributed by atoms with E-state index in [0.717, 1.165) is 11.8 Å². The van der Waals surface area contributed by atoms with Gasteiger partial charge in [0.2, 0.25) is 0 Å². The molecule has 0 unspecified atom stereocenters. The Morgan fingerprint density at radius 1 is 1.23 bits per heavy atom. The first kappa shape index (κ1) is 20.9. The molecule has 0 saturated heterocycles. The van der Waals surface area contributed by atoms with Crippen LogP contribution in [0.1, 0.15) is 30.6 Å². The van der Waals surface area contributed by atoms with Gasteiger partial charge in [-0.2, -0.15) is 0 Å². The van der Waals surface area contributed by atoms with Crippen LogP contribution in [0.5, 0.6) is 0 Å². The smallest absolute Gasteiger partial charge is 0.305 e. The van der Waals surface area contributed by atoms with Crippen molar-refractivity contribution in [1.82, 2.24) is 9.97 Å². The molecule has 2 aromatic heterocycles. The van der Waals surface area contributed by atoms with Gasteiger partial charge in [-0.25, -0.2) is 14.2 Å². The third kappa shape index (κ3) is 4.14. The molecule has 158 valence electrons. The SMILES string of the molecule is CC1(C)CCN(C(=O)Nc2ccncc2F)c2nc(-c3cccc(Cl)c3)ccc2C1=O. The second-order valence-corrected chi connectivity index (χ2v) is 8.41. The molecular formula is C23H20ClFN4O2. The van der Waals surface area contributed by atoms with Gasteiger partial charge >= 0.3 is 6.03 Å². The fraction of sp³-hybridized carbons (Fsp3) is 0.217. The topological polar surface area (TPSA) is 75.2 Å². The molecular weight excluding hydrogens is 419 g/mol. The van der Waals surface area contributed by atoms with Crippen molar-refractivity contribution in [3.05, 3.63) is 71.3 Å². The van der Waals surface area contributed by atoms with E-state index >= 15 is 0 Å². The quantitative estimate of drug-likeness (QED) is 0.566. The molecule has 0 radical (unpaired) electrons. The highest BCUT2D eigenvalue weighted by Gasteiger charge is 2.37. The van der Waals surface area contributed by atoms with E-state index in [2.05, 4.69) is 15.3 Å². The van der Waals surface area contributed by atoms with Gasteiger partial charge in [0.15, 0.2) is 11.6 Å². The van der Waals surface area contributed by atoms with E-state index < -0.39 is 17.3 Å². The second-order valence-electron chi connectivity index (χ2n) is 7.98. The van der Waals surface area contributed by atoms with Gasteiger partial charge in [0.05, 0.1) is 23.1 Å². The number of carbonyl (C=O) groups excluding carboxylic acids is 2. The summed E-state index contributed by atoms with van der Waals surface area (Å²) in [6.45, 7) is 3.93. The molecule has 0 atom stereocenters. The van der Waals surface area contributed by atoms with Crippen LogP contribution in [0.15, 0.2) is 54.9 Å². The first-order valence-electron chi connectivity index (χ1n) is 9.76. The molecule has 6 nitrogen and oxygen atoms in total. The summed E-state index contributed by atoms with van der Waals surface area (Å²) in [5, 5.41) is 3.11. The fourth-order valence-electron chi connectivity index (χ4n) is 3.47. The van der Waals surface area contributed by atoms with Crippen molar-refractivity contribution in [2.24, 2.45) is 5.41 Å². The molecule has 3 aromatic rings. The number of nitrogens with one attached hydrogen (secondary N) is 1. The van der Waals surface area contributed by atoms with Gasteiger partial charge in [-0.3, -0.25) is 14.7 Å². The lowest BCUT2D eigenvalue weighted by Crippen LogP contribution is -2.37. The van der Waals surface area contributed by atoms with Gasteiger partial charge in [0.1, 0.15) is 5.82 Å². The first-order valence-corrected chi connectivity index (χ1v) is 10.1. The lowest BCUT2D eigenvalue weighted by atomic mass is 9.82. The number of anilines is 2. The number of fused-ring (bicyclic) bond motifs is 1. The number of benzene rings is 1. The third-order valence-corrected chi connectivity index (χ3v) is 5.57. The summed E-state index contributed by atoms with van der Waals surface area (Å²) >= 11 is 6.11. The van der Waals surface area contributed by atoms with Crippen LogP contribution in [0.2, 0.25) is 5.02 Å². The third-order valence-electron chi connectivity index (χ3n) is 5.33. The van der Waals surface area contributed by atoms with Gasteiger partial charge in [-0.1, -0.05) is 37.6 Å². The van der Waals surface area contributed by atoms with Crippen LogP contribution in [0.4, 0.5) is 20.7 Å². The van der Waals surface area contributed by atoms with Gasteiger partial charge in [0.25, 0.3) is 0 Å². The molecule has 1 aliphatic rings. The predicted octanol–water partition coefficient (Wildman–Crippen LogP) is 5.59. The lowest BCUT2D eigenvalue weighted by Gasteiger charge is -2.23. The standard InChI is InChI=1S/C23H20ClFN4O2/c1-23(2)9-11-29(22(31)28-19-8-10-26-13-17(19)25)21-16(20(23)30)6-7-18(27-21)14-4-3-5-15(24)12-14/h3-8,10,12-13H,9,11H2,1-2H3,(H,26,28,31). The monoisotopic (exact) mass is 438 g/mol. The number of Topliss-reactive ketones (excluding diaryl/α,β-unsaturated/α-hetero) is 1. The number of hydrogen-bond acceptors (Lipinski definition) is 4. The molecule has 1 aromatic carbocycles. The number of carbonyl (C=O) groups is 2. The maximum Gasteiger partial charge on any atom is 0.327 e. The highest BCUT2D eigenvalue weighted by atomic mass is 35.5. The van der Waals surface area contributed by atoms with E-state index in [9.17, 15) is 14.0 Å². The highest BCUT2D eigenvalue weighted by molar-refractivity contribution is 6.30. The van der Waals surface area contributed by atoms with E-state index in [0.29, 0.717) is 22.7 Å². The van der Waals surface area contributed by atoms with Crippen LogP contribution in [-0.2, 0) is 0 Å². The number of pyridine rings is 2. The zero-order valence-electron chi connectivity index (χ0n) is 17.0. The number of ketones is 1. The van der Waals surface area contributed by atoms with Crippen molar-refractivity contribution in [3.63, 3.8) is 0 Å². The molecule has 0 aliphatic carbocycles. The molecule has 4 rings (SSSR count). The Balaban J connectivity index is 1.79. The lowest BCUT2D eigenvalue weighted by molar-refractivity contribution is 0.0835. The minimum absolute atomic E-state index is 0.00220. The van der Waals surface area contributed by atoms with Crippen molar-refractivity contribution in [3.8, 4) is 11.3 Å². The number of nitrogens with zero attached hydrogens (tertiary/aromatic N) is 3. The summed E-state index contributed by atoms with van der Waals surface area (Å²) in [6.07, 6.45) is 2.84. The Labute approximate surface area is 184 Å². The minimum atomic E-state index is -0.676. The van der Waals surface area contributed by atoms with Crippen LogP contribution in [0, 0.1) is 11.2 Å². The zero-order valence-corrected chi connectivity index (χ0v) is 17.8. The van der Waals surface area contributed by atoms with Crippen LogP contribution >= 0.6 is 11.6 Å². The molecule has 1 aliphatic heterocycles. The van der Waals surface area contributed by atoms with Crippen molar-refractivity contribution < 1.29 is 14.0 Å². The van der Waals surface area contributed by atoms with Crippen LogP contribution < -0.4 is 10.2 Å². The van der Waals surface area contributed by atoms with Gasteiger partial charge in [-0.15, -0.1) is 0 Å². The number of amides is 2. The average molecular weight is 439 g/mol. The van der Waals surface area contributed by atoms with Crippen LogP contribution in [0.25, 0.3) is 11.3 Å². The summed E-state index contributed by atoms with van der Waals surface area (Å²) in [6, 6.07) is 11.4. The summed E-state index contributed by atoms with van der Waals surface area (Å²) in [4.78, 5) is 36.0. The summed E-state index contributed by atoms with van der Waals surface area (Å²) in [7, 11) is 0. The van der Waals surface area contributed by atoms with Crippen molar-refractivity contribution in [2.45, 2.75) is 20.3 Å². The molecule has 0 saturated carbocycles. The Kier molecular flexibility index (Phi) is 5.45. The summed E-state index contributed by atoms with van der Waals surface area (Å²) in [5.74, 6) is -0.513. The van der Waals surface area contributed by atoms with Gasteiger partial charge < -0.3 is 5.32 Å².